The van der Waals surface area contributed by atoms with Gasteiger partial charge < -0.3 is 14.8 Å². The molecule has 0 bridgehead atoms. The van der Waals surface area contributed by atoms with Crippen molar-refractivity contribution in [3.05, 3.63) is 71.2 Å². The molecule has 3 aromatic rings. The maximum Gasteiger partial charge on any atom is 0.335 e. The first-order valence-electron chi connectivity index (χ1n) is 7.27. The van der Waals surface area contributed by atoms with Gasteiger partial charge in [0.2, 0.25) is 0 Å². The van der Waals surface area contributed by atoms with E-state index in [-0.39, 0.29) is 22.8 Å². The lowest BCUT2D eigenvalue weighted by atomic mass is 10.1. The van der Waals surface area contributed by atoms with E-state index in [9.17, 15) is 14.0 Å². The van der Waals surface area contributed by atoms with Crippen LogP contribution in [0.1, 0.15) is 39.2 Å². The van der Waals surface area contributed by atoms with Gasteiger partial charge in [0.1, 0.15) is 6.26 Å². The third-order valence-corrected chi connectivity index (χ3v) is 3.80. The number of fused-ring (bicyclic) bond motifs is 1. The molecule has 0 radical (unpaired) electrons. The van der Waals surface area contributed by atoms with Crippen molar-refractivity contribution in [2.75, 3.05) is 0 Å². The van der Waals surface area contributed by atoms with Crippen LogP contribution in [-0.4, -0.2) is 17.0 Å². The molecule has 1 amide bonds. The number of aromatic carboxylic acids is 1. The van der Waals surface area contributed by atoms with Gasteiger partial charge in [-0.3, -0.25) is 4.79 Å². The molecule has 0 fully saturated rings. The summed E-state index contributed by atoms with van der Waals surface area (Å²) in [7, 11) is 0. The number of hydrogen-bond donors (Lipinski definition) is 2. The van der Waals surface area contributed by atoms with Crippen LogP contribution in [0, 0.1) is 5.82 Å². The molecule has 24 heavy (non-hydrogen) atoms. The Hall–Kier alpha value is -3.15. The molecule has 0 aliphatic rings. The van der Waals surface area contributed by atoms with Crippen LogP contribution in [0.4, 0.5) is 4.39 Å². The summed E-state index contributed by atoms with van der Waals surface area (Å²) in [4.78, 5) is 23.3. The van der Waals surface area contributed by atoms with Crippen LogP contribution in [0.25, 0.3) is 11.0 Å². The number of furan rings is 1. The Morgan fingerprint density at radius 3 is 2.54 bits per heavy atom. The molecule has 1 heterocycles. The van der Waals surface area contributed by atoms with Gasteiger partial charge in [0.25, 0.3) is 5.91 Å². The van der Waals surface area contributed by atoms with Crippen LogP contribution < -0.4 is 5.32 Å². The highest BCUT2D eigenvalue weighted by molar-refractivity contribution is 6.06. The van der Waals surface area contributed by atoms with E-state index in [1.165, 1.54) is 30.5 Å². The Morgan fingerprint density at radius 2 is 1.88 bits per heavy atom. The Labute approximate surface area is 136 Å². The van der Waals surface area contributed by atoms with Crippen molar-refractivity contribution in [1.29, 1.82) is 0 Å². The summed E-state index contributed by atoms with van der Waals surface area (Å²) in [6.45, 7) is 1.77. The smallest absolute Gasteiger partial charge is 0.335 e. The molecule has 0 unspecified atom stereocenters. The van der Waals surface area contributed by atoms with Crippen LogP contribution >= 0.6 is 0 Å². The molecule has 1 aromatic heterocycles. The van der Waals surface area contributed by atoms with E-state index in [0.717, 1.165) is 5.56 Å². The van der Waals surface area contributed by atoms with E-state index in [0.29, 0.717) is 5.39 Å². The summed E-state index contributed by atoms with van der Waals surface area (Å²) in [5.74, 6) is -1.93. The second-order valence-electron chi connectivity index (χ2n) is 5.39. The molecule has 0 spiro atoms. The van der Waals surface area contributed by atoms with Gasteiger partial charge in [-0.05, 0) is 30.7 Å². The second-order valence-corrected chi connectivity index (χ2v) is 5.39. The number of rotatable bonds is 4. The van der Waals surface area contributed by atoms with Crippen LogP contribution in [-0.2, 0) is 0 Å². The van der Waals surface area contributed by atoms with Crippen molar-refractivity contribution in [3.8, 4) is 0 Å². The molecular formula is C18H14FNO4. The molecule has 122 valence electrons. The predicted molar refractivity (Wildman–Crippen MR) is 85.5 cm³/mol. The standard InChI is InChI=1S/C18H14FNO4/c1-10(11-5-7-12(8-6-11)18(22)23)20-17(21)14-9-24-16-13(14)3-2-4-15(16)19/h2-10H,1H3,(H,20,21)(H,22,23)/t10-/m0/s1. The summed E-state index contributed by atoms with van der Waals surface area (Å²) < 4.78 is 18.7. The molecule has 2 N–H and O–H groups in total. The van der Waals surface area contributed by atoms with E-state index in [1.807, 2.05) is 0 Å². The van der Waals surface area contributed by atoms with Gasteiger partial charge in [-0.25, -0.2) is 9.18 Å². The SMILES string of the molecule is C[C@H](NC(=O)c1coc2c(F)cccc12)c1ccc(C(=O)O)cc1. The lowest BCUT2D eigenvalue weighted by Gasteiger charge is -2.14. The van der Waals surface area contributed by atoms with Crippen LogP contribution in [0.2, 0.25) is 0 Å². The Balaban J connectivity index is 1.80. The zero-order chi connectivity index (χ0) is 17.3. The van der Waals surface area contributed by atoms with Gasteiger partial charge in [0.05, 0.1) is 17.2 Å². The summed E-state index contributed by atoms with van der Waals surface area (Å²) in [6, 6.07) is 10.3. The minimum Gasteiger partial charge on any atom is -0.478 e. The number of para-hydroxylation sites is 1. The molecule has 5 nitrogen and oxygen atoms in total. The van der Waals surface area contributed by atoms with E-state index in [1.54, 1.807) is 25.1 Å². The number of nitrogens with one attached hydrogen (secondary N) is 1. The average Bonchev–Trinajstić information content (AvgIpc) is 3.00. The van der Waals surface area contributed by atoms with Gasteiger partial charge in [0.15, 0.2) is 11.4 Å². The van der Waals surface area contributed by atoms with Crippen LogP contribution in [0.3, 0.4) is 0 Å². The number of carbonyl (C=O) groups excluding carboxylic acids is 1. The van der Waals surface area contributed by atoms with Gasteiger partial charge in [-0.15, -0.1) is 0 Å². The molecule has 0 saturated heterocycles. The first-order chi connectivity index (χ1) is 11.5. The van der Waals surface area contributed by atoms with Crippen LogP contribution in [0.15, 0.2) is 53.1 Å². The Kier molecular flexibility index (Phi) is 4.04. The third-order valence-electron chi connectivity index (χ3n) is 3.80. The van der Waals surface area contributed by atoms with Crippen molar-refractivity contribution >= 4 is 22.8 Å². The molecule has 3 rings (SSSR count). The molecule has 2 aromatic carbocycles. The quantitative estimate of drug-likeness (QED) is 0.764. The van der Waals surface area contributed by atoms with Crippen molar-refractivity contribution in [2.24, 2.45) is 0 Å². The molecule has 1 atom stereocenters. The fourth-order valence-corrected chi connectivity index (χ4v) is 2.47. The number of hydrogen-bond acceptors (Lipinski definition) is 3. The van der Waals surface area contributed by atoms with Crippen molar-refractivity contribution < 1.29 is 23.5 Å². The van der Waals surface area contributed by atoms with Gasteiger partial charge >= 0.3 is 5.97 Å². The minimum atomic E-state index is -1.01. The highest BCUT2D eigenvalue weighted by Crippen LogP contribution is 2.24. The van der Waals surface area contributed by atoms with Crippen molar-refractivity contribution in [3.63, 3.8) is 0 Å². The Bertz CT molecular complexity index is 914. The number of halogens is 1. The van der Waals surface area contributed by atoms with Gasteiger partial charge in [-0.1, -0.05) is 24.3 Å². The molecule has 6 heteroatoms. The third kappa shape index (κ3) is 2.86. The number of carboxylic acids is 1. The van der Waals surface area contributed by atoms with Crippen LogP contribution in [0.5, 0.6) is 0 Å². The topological polar surface area (TPSA) is 79.5 Å². The first-order valence-corrected chi connectivity index (χ1v) is 7.27. The first kappa shape index (κ1) is 15.7. The minimum absolute atomic E-state index is 0.0427. The van der Waals surface area contributed by atoms with E-state index >= 15 is 0 Å². The van der Waals surface area contributed by atoms with Crippen molar-refractivity contribution in [2.45, 2.75) is 13.0 Å². The normalized spacial score (nSPS) is 12.1. The number of carboxylic acid groups (broad SMARTS) is 1. The maximum atomic E-state index is 13.6. The highest BCUT2D eigenvalue weighted by Gasteiger charge is 2.18. The maximum absolute atomic E-state index is 13.6. The van der Waals surface area contributed by atoms with E-state index < -0.39 is 17.7 Å². The van der Waals surface area contributed by atoms with E-state index in [2.05, 4.69) is 5.32 Å². The molecular weight excluding hydrogens is 313 g/mol. The zero-order valence-corrected chi connectivity index (χ0v) is 12.7. The fourth-order valence-electron chi connectivity index (χ4n) is 2.47. The molecule has 0 aliphatic carbocycles. The predicted octanol–water partition coefficient (Wildman–Crippen LogP) is 3.76. The van der Waals surface area contributed by atoms with E-state index in [4.69, 9.17) is 9.52 Å². The summed E-state index contributed by atoms with van der Waals surface area (Å²) >= 11 is 0. The largest absolute Gasteiger partial charge is 0.478 e. The monoisotopic (exact) mass is 327 g/mol. The number of carbonyl (C=O) groups is 2. The second kappa shape index (κ2) is 6.16. The summed E-state index contributed by atoms with van der Waals surface area (Å²) in [6.07, 6.45) is 1.23. The lowest BCUT2D eigenvalue weighted by molar-refractivity contribution is 0.0696. The number of benzene rings is 2. The fraction of sp³-hybridized carbons (Fsp3) is 0.111. The zero-order valence-electron chi connectivity index (χ0n) is 12.7. The lowest BCUT2D eigenvalue weighted by Crippen LogP contribution is -2.26. The van der Waals surface area contributed by atoms with Gasteiger partial charge in [-0.2, -0.15) is 0 Å². The summed E-state index contributed by atoms with van der Waals surface area (Å²) in [5.41, 5.74) is 1.22. The van der Waals surface area contributed by atoms with Crippen molar-refractivity contribution in [1.82, 2.24) is 5.32 Å². The average molecular weight is 327 g/mol. The molecule has 0 aliphatic heterocycles. The highest BCUT2D eigenvalue weighted by atomic mass is 19.1. The molecule has 0 saturated carbocycles. The number of amides is 1. The van der Waals surface area contributed by atoms with Gasteiger partial charge in [0, 0.05) is 5.39 Å². The Morgan fingerprint density at radius 1 is 1.17 bits per heavy atom. The summed E-state index contributed by atoms with van der Waals surface area (Å²) in [5, 5.41) is 12.1.